The third-order valence-electron chi connectivity index (χ3n) is 5.78. The van der Waals surface area contributed by atoms with E-state index < -0.39 is 6.04 Å². The van der Waals surface area contributed by atoms with Crippen LogP contribution in [0.5, 0.6) is 5.75 Å². The number of rotatable bonds is 5. The van der Waals surface area contributed by atoms with Gasteiger partial charge in [-0.1, -0.05) is 11.6 Å². The summed E-state index contributed by atoms with van der Waals surface area (Å²) in [5.74, 6) is 0.809. The molecule has 3 heterocycles. The van der Waals surface area contributed by atoms with Gasteiger partial charge in [0.25, 0.3) is 0 Å². The van der Waals surface area contributed by atoms with Crippen molar-refractivity contribution in [1.29, 1.82) is 0 Å². The highest BCUT2D eigenvalue weighted by Crippen LogP contribution is 2.30. The monoisotopic (exact) mass is 381 g/mol. The lowest BCUT2D eigenvalue weighted by Gasteiger charge is -2.34. The molecule has 2 atom stereocenters. The van der Waals surface area contributed by atoms with Crippen LogP contribution in [0.15, 0.2) is 29.8 Å². The minimum absolute atomic E-state index is 0.0190. The lowest BCUT2D eigenvalue weighted by atomic mass is 9.97. The number of fused-ring (bicyclic) bond motifs is 2. The van der Waals surface area contributed by atoms with Gasteiger partial charge in [0, 0.05) is 42.0 Å². The SMILES string of the molecule is COc1ccc2c(C[C@@H]3NC(=O)[C@H]4CCCN4C3=O)c(CC=C(C)C)[nH]c2c1. The first-order chi connectivity index (χ1) is 13.5. The van der Waals surface area contributed by atoms with Crippen molar-refractivity contribution in [2.45, 2.75) is 51.6 Å². The second-order valence-electron chi connectivity index (χ2n) is 7.93. The summed E-state index contributed by atoms with van der Waals surface area (Å²) in [5.41, 5.74) is 4.39. The maximum absolute atomic E-state index is 13.0. The molecule has 0 unspecified atom stereocenters. The van der Waals surface area contributed by atoms with Gasteiger partial charge >= 0.3 is 0 Å². The zero-order chi connectivity index (χ0) is 19.8. The van der Waals surface area contributed by atoms with Gasteiger partial charge in [0.2, 0.25) is 11.8 Å². The van der Waals surface area contributed by atoms with Crippen LogP contribution in [0.1, 0.15) is 37.9 Å². The van der Waals surface area contributed by atoms with E-state index in [1.807, 2.05) is 18.2 Å². The van der Waals surface area contributed by atoms with Gasteiger partial charge in [-0.2, -0.15) is 0 Å². The van der Waals surface area contributed by atoms with E-state index >= 15 is 0 Å². The molecule has 0 aliphatic carbocycles. The van der Waals surface area contributed by atoms with Crippen molar-refractivity contribution in [3.05, 3.63) is 41.1 Å². The molecule has 28 heavy (non-hydrogen) atoms. The average Bonchev–Trinajstić information content (AvgIpc) is 3.29. The smallest absolute Gasteiger partial charge is 0.246 e. The Morgan fingerprint density at radius 1 is 1.32 bits per heavy atom. The molecule has 0 radical (unpaired) electrons. The summed E-state index contributed by atoms with van der Waals surface area (Å²) >= 11 is 0. The summed E-state index contributed by atoms with van der Waals surface area (Å²) < 4.78 is 5.35. The first-order valence-corrected chi connectivity index (χ1v) is 9.89. The molecule has 0 saturated carbocycles. The zero-order valence-electron chi connectivity index (χ0n) is 16.7. The Hall–Kier alpha value is -2.76. The van der Waals surface area contributed by atoms with Gasteiger partial charge < -0.3 is 19.9 Å². The molecular formula is C22H27N3O3. The fourth-order valence-corrected chi connectivity index (χ4v) is 4.31. The largest absolute Gasteiger partial charge is 0.497 e. The summed E-state index contributed by atoms with van der Waals surface area (Å²) in [4.78, 5) is 30.7. The summed E-state index contributed by atoms with van der Waals surface area (Å²) in [6.45, 7) is 4.83. The fraction of sp³-hybridized carbons (Fsp3) is 0.455. The number of carbonyl (C=O) groups excluding carboxylic acids is 2. The van der Waals surface area contributed by atoms with E-state index in [0.29, 0.717) is 13.0 Å². The van der Waals surface area contributed by atoms with E-state index in [-0.39, 0.29) is 17.9 Å². The predicted molar refractivity (Wildman–Crippen MR) is 108 cm³/mol. The molecule has 2 amide bonds. The van der Waals surface area contributed by atoms with Crippen molar-refractivity contribution in [3.63, 3.8) is 0 Å². The van der Waals surface area contributed by atoms with Crippen molar-refractivity contribution in [3.8, 4) is 5.75 Å². The number of hydrogen-bond donors (Lipinski definition) is 2. The Kier molecular flexibility index (Phi) is 4.87. The molecule has 0 bridgehead atoms. The minimum atomic E-state index is -0.506. The van der Waals surface area contributed by atoms with Crippen LogP contribution in [0.3, 0.4) is 0 Å². The van der Waals surface area contributed by atoms with Crippen molar-refractivity contribution in [2.24, 2.45) is 0 Å². The highest BCUT2D eigenvalue weighted by Gasteiger charge is 2.43. The normalized spacial score (nSPS) is 21.6. The zero-order valence-corrected chi connectivity index (χ0v) is 16.7. The Morgan fingerprint density at radius 3 is 2.89 bits per heavy atom. The van der Waals surface area contributed by atoms with E-state index in [1.54, 1.807) is 12.0 Å². The molecule has 2 aliphatic heterocycles. The van der Waals surface area contributed by atoms with E-state index in [4.69, 9.17) is 4.74 Å². The number of aromatic nitrogens is 1. The number of nitrogens with zero attached hydrogens (tertiary/aromatic N) is 1. The highest BCUT2D eigenvalue weighted by molar-refractivity contribution is 5.98. The Labute approximate surface area is 164 Å². The van der Waals surface area contributed by atoms with Gasteiger partial charge in [0.15, 0.2) is 0 Å². The third kappa shape index (κ3) is 3.28. The number of allylic oxidation sites excluding steroid dienone is 2. The Morgan fingerprint density at radius 2 is 2.14 bits per heavy atom. The number of ether oxygens (including phenoxy) is 1. The number of benzene rings is 1. The number of nitrogens with one attached hydrogen (secondary N) is 2. The molecule has 0 spiro atoms. The Balaban J connectivity index is 1.70. The lowest BCUT2D eigenvalue weighted by molar-refractivity contribution is -0.146. The van der Waals surface area contributed by atoms with Gasteiger partial charge in [-0.15, -0.1) is 0 Å². The number of H-pyrrole nitrogens is 1. The van der Waals surface area contributed by atoms with Crippen LogP contribution in [0.2, 0.25) is 0 Å². The van der Waals surface area contributed by atoms with Crippen LogP contribution >= 0.6 is 0 Å². The molecule has 1 aromatic carbocycles. The topological polar surface area (TPSA) is 74.4 Å². The van der Waals surface area contributed by atoms with Gasteiger partial charge in [-0.3, -0.25) is 9.59 Å². The molecule has 2 fully saturated rings. The molecule has 148 valence electrons. The van der Waals surface area contributed by atoms with Gasteiger partial charge in [-0.05, 0) is 44.4 Å². The summed E-state index contributed by atoms with van der Waals surface area (Å²) in [7, 11) is 1.65. The third-order valence-corrected chi connectivity index (χ3v) is 5.78. The van der Waals surface area contributed by atoms with E-state index in [1.165, 1.54) is 5.57 Å². The van der Waals surface area contributed by atoms with Crippen LogP contribution in [0.25, 0.3) is 10.9 Å². The number of carbonyl (C=O) groups is 2. The average molecular weight is 381 g/mol. The van der Waals surface area contributed by atoms with Crippen LogP contribution in [0, 0.1) is 0 Å². The lowest BCUT2D eigenvalue weighted by Crippen LogP contribution is -2.61. The quantitative estimate of drug-likeness (QED) is 0.782. The van der Waals surface area contributed by atoms with Crippen LogP contribution in [0.4, 0.5) is 0 Å². The Bertz CT molecular complexity index is 955. The van der Waals surface area contributed by atoms with E-state index in [9.17, 15) is 9.59 Å². The number of piperazine rings is 1. The minimum Gasteiger partial charge on any atom is -0.497 e. The molecule has 6 heteroatoms. The van der Waals surface area contributed by atoms with Crippen molar-refractivity contribution >= 4 is 22.7 Å². The standard InChI is InChI=1S/C22H27N3O3/c1-13(2)6-9-17-16(15-8-7-14(28-3)11-18(15)23-17)12-19-22(27)25-10-4-5-20(25)21(26)24-19/h6-8,11,19-20,23H,4-5,9-10,12H2,1-3H3,(H,24,26)/t19-,20+/m0/s1. The summed E-state index contributed by atoms with van der Waals surface area (Å²) in [5, 5.41) is 4.04. The maximum atomic E-state index is 13.0. The number of methoxy groups -OCH3 is 1. The first-order valence-electron chi connectivity index (χ1n) is 9.89. The molecule has 6 nitrogen and oxygen atoms in total. The second-order valence-corrected chi connectivity index (χ2v) is 7.93. The van der Waals surface area contributed by atoms with Crippen LogP contribution in [-0.4, -0.2) is 47.4 Å². The number of amides is 2. The predicted octanol–water partition coefficient (Wildman–Crippen LogP) is 2.72. The highest BCUT2D eigenvalue weighted by atomic mass is 16.5. The molecule has 1 aromatic heterocycles. The van der Waals surface area contributed by atoms with Crippen molar-refractivity contribution < 1.29 is 14.3 Å². The van der Waals surface area contributed by atoms with E-state index in [2.05, 4.69) is 30.2 Å². The molecule has 2 aromatic rings. The van der Waals surface area contributed by atoms with E-state index in [0.717, 1.165) is 47.2 Å². The van der Waals surface area contributed by atoms with Crippen molar-refractivity contribution in [1.82, 2.24) is 15.2 Å². The molecule has 2 aliphatic rings. The number of aromatic amines is 1. The van der Waals surface area contributed by atoms with Crippen molar-refractivity contribution in [2.75, 3.05) is 13.7 Å². The molecular weight excluding hydrogens is 354 g/mol. The van der Waals surface area contributed by atoms with Crippen LogP contribution in [-0.2, 0) is 22.4 Å². The number of hydrogen-bond acceptors (Lipinski definition) is 3. The maximum Gasteiger partial charge on any atom is 0.246 e. The van der Waals surface area contributed by atoms with Gasteiger partial charge in [0.1, 0.15) is 17.8 Å². The first kappa shape index (κ1) is 18.6. The van der Waals surface area contributed by atoms with Gasteiger partial charge in [-0.25, -0.2) is 0 Å². The molecule has 2 saturated heterocycles. The van der Waals surface area contributed by atoms with Crippen LogP contribution < -0.4 is 10.1 Å². The fourth-order valence-electron chi connectivity index (χ4n) is 4.31. The van der Waals surface area contributed by atoms with Gasteiger partial charge in [0.05, 0.1) is 7.11 Å². The molecule has 4 rings (SSSR count). The molecule has 2 N–H and O–H groups in total. The second kappa shape index (κ2) is 7.34. The summed E-state index contributed by atoms with van der Waals surface area (Å²) in [6.07, 6.45) is 5.09. The summed E-state index contributed by atoms with van der Waals surface area (Å²) in [6, 6.07) is 5.15.